The molecule has 1 saturated heterocycles. The maximum atomic E-state index is 11.9. The first kappa shape index (κ1) is 15.5. The number of hydrogen-bond acceptors (Lipinski definition) is 4. The highest BCUT2D eigenvalue weighted by atomic mass is 32.2. The van der Waals surface area contributed by atoms with E-state index in [1.807, 2.05) is 0 Å². The lowest BCUT2D eigenvalue weighted by atomic mass is 10.1. The highest BCUT2D eigenvalue weighted by Gasteiger charge is 2.28. The van der Waals surface area contributed by atoms with Crippen LogP contribution < -0.4 is 4.74 Å². The van der Waals surface area contributed by atoms with E-state index < -0.39 is 16.0 Å². The van der Waals surface area contributed by atoms with Crippen LogP contribution >= 0.6 is 0 Å². The Hall–Kier alpha value is -1.86. The predicted molar refractivity (Wildman–Crippen MR) is 78.5 cm³/mol. The molecule has 1 heterocycles. The quantitative estimate of drug-likeness (QED) is 0.829. The van der Waals surface area contributed by atoms with Gasteiger partial charge in [-0.1, -0.05) is 6.07 Å². The molecule has 7 heteroatoms. The molecule has 0 bridgehead atoms. The smallest absolute Gasteiger partial charge is 0.328 e. The van der Waals surface area contributed by atoms with Crippen molar-refractivity contribution in [3.8, 4) is 5.75 Å². The minimum atomic E-state index is -3.18. The Morgan fingerprint density at radius 1 is 1.48 bits per heavy atom. The minimum Gasteiger partial charge on any atom is -0.496 e. The monoisotopic (exact) mass is 311 g/mol. The molecule has 1 aliphatic rings. The van der Waals surface area contributed by atoms with Crippen molar-refractivity contribution in [3.05, 3.63) is 35.4 Å². The van der Waals surface area contributed by atoms with Crippen LogP contribution in [0.3, 0.4) is 0 Å². The lowest BCUT2D eigenvalue weighted by Crippen LogP contribution is -2.25. The van der Waals surface area contributed by atoms with Crippen molar-refractivity contribution < 1.29 is 23.1 Å². The van der Waals surface area contributed by atoms with E-state index in [9.17, 15) is 13.2 Å². The molecule has 0 atom stereocenters. The van der Waals surface area contributed by atoms with Gasteiger partial charge in [0.25, 0.3) is 0 Å². The highest BCUT2D eigenvalue weighted by Crippen LogP contribution is 2.25. The fourth-order valence-electron chi connectivity index (χ4n) is 2.25. The van der Waals surface area contributed by atoms with Gasteiger partial charge in [0.1, 0.15) is 5.75 Å². The number of aliphatic carboxylic acids is 1. The Kier molecular flexibility index (Phi) is 4.64. The third kappa shape index (κ3) is 3.83. The number of carboxylic acid groups (broad SMARTS) is 1. The summed E-state index contributed by atoms with van der Waals surface area (Å²) >= 11 is 0. The molecule has 0 unspecified atom stereocenters. The van der Waals surface area contributed by atoms with Crippen LogP contribution in [0.4, 0.5) is 0 Å². The molecule has 0 radical (unpaired) electrons. The summed E-state index contributed by atoms with van der Waals surface area (Å²) in [6.07, 6.45) is 3.13. The van der Waals surface area contributed by atoms with Crippen molar-refractivity contribution in [2.24, 2.45) is 0 Å². The Morgan fingerprint density at radius 2 is 2.24 bits per heavy atom. The van der Waals surface area contributed by atoms with Gasteiger partial charge in [-0.15, -0.1) is 0 Å². The number of hydrogen-bond donors (Lipinski definition) is 1. The Morgan fingerprint density at radius 3 is 2.81 bits per heavy atom. The van der Waals surface area contributed by atoms with E-state index in [1.165, 1.54) is 17.5 Å². The van der Waals surface area contributed by atoms with E-state index in [1.54, 1.807) is 18.2 Å². The van der Waals surface area contributed by atoms with E-state index in [-0.39, 0.29) is 12.3 Å². The van der Waals surface area contributed by atoms with Gasteiger partial charge in [0, 0.05) is 24.7 Å². The third-order valence-electron chi connectivity index (χ3n) is 3.27. The number of sulfonamides is 1. The Labute approximate surface area is 123 Å². The van der Waals surface area contributed by atoms with Crippen molar-refractivity contribution in [1.29, 1.82) is 0 Å². The van der Waals surface area contributed by atoms with Crippen molar-refractivity contribution in [1.82, 2.24) is 4.31 Å². The molecular weight excluding hydrogens is 294 g/mol. The number of nitrogens with zero attached hydrogens (tertiary/aromatic N) is 1. The van der Waals surface area contributed by atoms with Crippen molar-refractivity contribution in [3.63, 3.8) is 0 Å². The molecule has 0 saturated carbocycles. The second kappa shape index (κ2) is 6.28. The first-order chi connectivity index (χ1) is 9.92. The van der Waals surface area contributed by atoms with Crippen molar-refractivity contribution in [2.75, 3.05) is 19.4 Å². The summed E-state index contributed by atoms with van der Waals surface area (Å²) in [7, 11) is -1.67. The molecule has 114 valence electrons. The minimum absolute atomic E-state index is 0.175. The second-order valence-electron chi connectivity index (χ2n) is 4.75. The molecule has 0 aromatic heterocycles. The van der Waals surface area contributed by atoms with Gasteiger partial charge in [0.15, 0.2) is 0 Å². The first-order valence-corrected chi connectivity index (χ1v) is 8.09. The summed E-state index contributed by atoms with van der Waals surface area (Å²) < 4.78 is 30.4. The number of ether oxygens (including phenoxy) is 1. The van der Waals surface area contributed by atoms with E-state index in [0.29, 0.717) is 24.3 Å². The SMILES string of the molecule is COc1ccc(C=CC(=O)O)cc1CN1CCCS1(=O)=O. The topological polar surface area (TPSA) is 83.9 Å². The molecule has 0 amide bonds. The average molecular weight is 311 g/mol. The van der Waals surface area contributed by atoms with Crippen LogP contribution in [-0.4, -0.2) is 43.2 Å². The molecule has 2 rings (SSSR count). The molecule has 1 aliphatic heterocycles. The zero-order valence-corrected chi connectivity index (χ0v) is 12.5. The van der Waals surface area contributed by atoms with Gasteiger partial charge in [-0.05, 0) is 30.2 Å². The standard InChI is InChI=1S/C14H17NO5S/c1-20-13-5-3-11(4-6-14(16)17)9-12(13)10-15-7-2-8-21(15,18)19/h3-6,9H,2,7-8,10H2,1H3,(H,16,17). The Bertz CT molecular complexity index is 666. The van der Waals surface area contributed by atoms with Crippen LogP contribution in [-0.2, 0) is 21.4 Å². The van der Waals surface area contributed by atoms with Gasteiger partial charge >= 0.3 is 5.97 Å². The fraction of sp³-hybridized carbons (Fsp3) is 0.357. The number of benzene rings is 1. The molecule has 1 fully saturated rings. The van der Waals surface area contributed by atoms with Gasteiger partial charge < -0.3 is 9.84 Å². The van der Waals surface area contributed by atoms with Crippen molar-refractivity contribution in [2.45, 2.75) is 13.0 Å². The van der Waals surface area contributed by atoms with Gasteiger partial charge in [-0.25, -0.2) is 13.2 Å². The lowest BCUT2D eigenvalue weighted by molar-refractivity contribution is -0.131. The summed E-state index contributed by atoms with van der Waals surface area (Å²) in [6, 6.07) is 5.17. The molecule has 6 nitrogen and oxygen atoms in total. The molecule has 0 aliphatic carbocycles. The Balaban J connectivity index is 2.28. The summed E-state index contributed by atoms with van der Waals surface area (Å²) in [5.74, 6) is -0.271. The molecule has 21 heavy (non-hydrogen) atoms. The molecule has 1 aromatic rings. The van der Waals surface area contributed by atoms with Crippen LogP contribution in [0.1, 0.15) is 17.5 Å². The second-order valence-corrected chi connectivity index (χ2v) is 6.83. The van der Waals surface area contributed by atoms with E-state index in [2.05, 4.69) is 0 Å². The summed E-state index contributed by atoms with van der Waals surface area (Å²) in [5.41, 5.74) is 1.40. The van der Waals surface area contributed by atoms with Gasteiger partial charge in [-0.2, -0.15) is 4.31 Å². The summed E-state index contributed by atoms with van der Waals surface area (Å²) in [5, 5.41) is 8.64. The number of carbonyl (C=O) groups is 1. The zero-order valence-electron chi connectivity index (χ0n) is 11.7. The highest BCUT2D eigenvalue weighted by molar-refractivity contribution is 7.89. The van der Waals surface area contributed by atoms with Crippen LogP contribution in [0.2, 0.25) is 0 Å². The third-order valence-corrected chi connectivity index (χ3v) is 5.18. The lowest BCUT2D eigenvalue weighted by Gasteiger charge is -2.17. The van der Waals surface area contributed by atoms with Crippen LogP contribution in [0.5, 0.6) is 5.75 Å². The van der Waals surface area contributed by atoms with Gasteiger partial charge in [0.05, 0.1) is 12.9 Å². The first-order valence-electron chi connectivity index (χ1n) is 6.48. The van der Waals surface area contributed by atoms with Crippen molar-refractivity contribution >= 4 is 22.1 Å². The average Bonchev–Trinajstić information content (AvgIpc) is 2.76. The van der Waals surface area contributed by atoms with Gasteiger partial charge in [-0.3, -0.25) is 0 Å². The summed E-state index contributed by atoms with van der Waals surface area (Å²) in [6.45, 7) is 0.737. The van der Waals surface area contributed by atoms with Crippen LogP contribution in [0.25, 0.3) is 6.08 Å². The normalized spacial score (nSPS) is 18.1. The molecular formula is C14H17NO5S. The predicted octanol–water partition coefficient (Wildman–Crippen LogP) is 1.33. The van der Waals surface area contributed by atoms with Crippen LogP contribution in [0.15, 0.2) is 24.3 Å². The zero-order chi connectivity index (χ0) is 15.5. The largest absolute Gasteiger partial charge is 0.496 e. The summed E-state index contributed by atoms with van der Waals surface area (Å²) in [4.78, 5) is 10.5. The maximum Gasteiger partial charge on any atom is 0.328 e. The number of carboxylic acids is 1. The van der Waals surface area contributed by atoms with Crippen LogP contribution in [0, 0.1) is 0 Å². The van der Waals surface area contributed by atoms with E-state index in [4.69, 9.17) is 9.84 Å². The molecule has 1 N–H and O–H groups in total. The maximum absolute atomic E-state index is 11.9. The molecule has 1 aromatic carbocycles. The van der Waals surface area contributed by atoms with E-state index >= 15 is 0 Å². The van der Waals surface area contributed by atoms with E-state index in [0.717, 1.165) is 11.6 Å². The number of methoxy groups -OCH3 is 1. The fourth-order valence-corrected chi connectivity index (χ4v) is 3.75. The number of rotatable bonds is 5. The molecule has 0 spiro atoms. The van der Waals surface area contributed by atoms with Gasteiger partial charge in [0.2, 0.25) is 10.0 Å².